The van der Waals surface area contributed by atoms with Crippen molar-refractivity contribution in [1.82, 2.24) is 0 Å². The van der Waals surface area contributed by atoms with Gasteiger partial charge in [-0.15, -0.1) is 0 Å². The van der Waals surface area contributed by atoms with Gasteiger partial charge in [0.1, 0.15) is 5.82 Å². The minimum absolute atomic E-state index is 0.0967. The Morgan fingerprint density at radius 2 is 1.50 bits per heavy atom. The first-order valence-corrected chi connectivity index (χ1v) is 6.36. The lowest BCUT2D eigenvalue weighted by Crippen LogP contribution is -1.98. The van der Waals surface area contributed by atoms with E-state index in [1.54, 1.807) is 6.07 Å². The Hall–Kier alpha value is -1.63. The van der Waals surface area contributed by atoms with Crippen LogP contribution in [-0.4, -0.2) is 0 Å². The molecule has 0 saturated heterocycles. The summed E-state index contributed by atoms with van der Waals surface area (Å²) in [5.74, 6) is 0.123. The van der Waals surface area contributed by atoms with E-state index in [0.29, 0.717) is 0 Å². The van der Waals surface area contributed by atoms with Crippen molar-refractivity contribution in [2.75, 3.05) is 0 Å². The van der Waals surface area contributed by atoms with Crippen LogP contribution in [0.25, 0.3) is 11.1 Å². The molecule has 0 spiro atoms. The predicted molar refractivity (Wildman–Crippen MR) is 75.4 cm³/mol. The third-order valence-electron chi connectivity index (χ3n) is 3.30. The highest BCUT2D eigenvalue weighted by atomic mass is 19.1. The molecule has 0 unspecified atom stereocenters. The summed E-state index contributed by atoms with van der Waals surface area (Å²) >= 11 is 0. The molecule has 2 rings (SSSR count). The fourth-order valence-electron chi connectivity index (χ4n) is 2.40. The highest BCUT2D eigenvalue weighted by Gasteiger charge is 2.12. The van der Waals surface area contributed by atoms with Crippen LogP contribution in [0.5, 0.6) is 0 Å². The number of rotatable bonds is 2. The maximum absolute atomic E-state index is 14.1. The molecule has 0 aromatic heterocycles. The topological polar surface area (TPSA) is 0 Å². The van der Waals surface area contributed by atoms with Crippen LogP contribution in [0.2, 0.25) is 0 Å². The first kappa shape index (κ1) is 12.8. The quantitative estimate of drug-likeness (QED) is 0.676. The summed E-state index contributed by atoms with van der Waals surface area (Å²) in [5.41, 5.74) is 5.09. The molecule has 0 aliphatic heterocycles. The highest BCUT2D eigenvalue weighted by Crippen LogP contribution is 2.29. The summed E-state index contributed by atoms with van der Waals surface area (Å²) in [4.78, 5) is 0. The zero-order valence-corrected chi connectivity index (χ0v) is 11.4. The van der Waals surface area contributed by atoms with Crippen LogP contribution in [0.1, 0.15) is 36.5 Å². The molecule has 18 heavy (non-hydrogen) atoms. The summed E-state index contributed by atoms with van der Waals surface area (Å²) < 4.78 is 14.1. The van der Waals surface area contributed by atoms with Gasteiger partial charge in [0, 0.05) is 0 Å². The van der Waals surface area contributed by atoms with Crippen LogP contribution in [0, 0.1) is 19.7 Å². The molecule has 0 fully saturated rings. The smallest absolute Gasteiger partial charge is 0.127 e. The molecule has 0 saturated carbocycles. The molecule has 0 amide bonds. The zero-order valence-electron chi connectivity index (χ0n) is 11.4. The van der Waals surface area contributed by atoms with Gasteiger partial charge in [0.2, 0.25) is 0 Å². The number of hydrogen-bond donors (Lipinski definition) is 0. The highest BCUT2D eigenvalue weighted by molar-refractivity contribution is 5.65. The molecule has 0 aliphatic rings. The predicted octanol–water partition coefficient (Wildman–Crippen LogP) is 5.23. The molecule has 0 radical (unpaired) electrons. The third-order valence-corrected chi connectivity index (χ3v) is 3.30. The van der Waals surface area contributed by atoms with Crippen molar-refractivity contribution in [3.63, 3.8) is 0 Å². The first-order chi connectivity index (χ1) is 8.49. The van der Waals surface area contributed by atoms with E-state index in [1.165, 1.54) is 5.56 Å². The number of halogens is 1. The Balaban J connectivity index is 2.51. The minimum atomic E-state index is -0.0967. The van der Waals surface area contributed by atoms with E-state index in [2.05, 4.69) is 25.1 Å². The second-order valence-corrected chi connectivity index (χ2v) is 5.21. The number of benzene rings is 2. The largest absolute Gasteiger partial charge is 0.207 e. The van der Waals surface area contributed by atoms with Crippen LogP contribution in [0.15, 0.2) is 36.4 Å². The molecular formula is C17H19F. The molecule has 0 bridgehead atoms. The van der Waals surface area contributed by atoms with Crippen LogP contribution >= 0.6 is 0 Å². The molecule has 2 aromatic carbocycles. The van der Waals surface area contributed by atoms with Gasteiger partial charge in [-0.1, -0.05) is 49.7 Å². The Morgan fingerprint density at radius 1 is 0.889 bits per heavy atom. The van der Waals surface area contributed by atoms with Crippen molar-refractivity contribution in [3.8, 4) is 11.1 Å². The van der Waals surface area contributed by atoms with Gasteiger partial charge in [0.25, 0.3) is 0 Å². The normalized spacial score (nSPS) is 11.0. The molecule has 2 aromatic rings. The second kappa shape index (κ2) is 4.93. The van der Waals surface area contributed by atoms with Crippen molar-refractivity contribution in [3.05, 3.63) is 58.9 Å². The lowest BCUT2D eigenvalue weighted by Gasteiger charge is -2.13. The van der Waals surface area contributed by atoms with E-state index in [4.69, 9.17) is 0 Å². The van der Waals surface area contributed by atoms with Gasteiger partial charge in [0.05, 0.1) is 0 Å². The summed E-state index contributed by atoms with van der Waals surface area (Å²) in [6, 6.07) is 11.9. The van der Waals surface area contributed by atoms with Gasteiger partial charge in [-0.3, -0.25) is 0 Å². The summed E-state index contributed by atoms with van der Waals surface area (Å²) in [5, 5.41) is 0. The van der Waals surface area contributed by atoms with Crippen molar-refractivity contribution < 1.29 is 4.39 Å². The molecule has 0 atom stereocenters. The molecule has 0 N–H and O–H groups in total. The Morgan fingerprint density at radius 3 is 2.00 bits per heavy atom. The van der Waals surface area contributed by atoms with Crippen LogP contribution in [0.3, 0.4) is 0 Å². The molecular weight excluding hydrogens is 223 g/mol. The number of hydrogen-bond acceptors (Lipinski definition) is 0. The van der Waals surface area contributed by atoms with Gasteiger partial charge in [-0.05, 0) is 48.1 Å². The molecule has 0 heterocycles. The van der Waals surface area contributed by atoms with Gasteiger partial charge in [-0.25, -0.2) is 4.39 Å². The van der Waals surface area contributed by atoms with Crippen molar-refractivity contribution in [2.45, 2.75) is 33.6 Å². The van der Waals surface area contributed by atoms with Crippen LogP contribution in [-0.2, 0) is 0 Å². The van der Waals surface area contributed by atoms with Crippen LogP contribution < -0.4 is 0 Å². The summed E-state index contributed by atoms with van der Waals surface area (Å²) in [6.07, 6.45) is 0. The number of aryl methyl sites for hydroxylation is 2. The third kappa shape index (κ3) is 2.45. The standard InChI is InChI=1S/C17H19F/c1-11(2)17-13(4)9-15(10-16(17)18)14-7-5-12(3)6-8-14/h5-11H,1-4H3. The van der Waals surface area contributed by atoms with Gasteiger partial charge >= 0.3 is 0 Å². The summed E-state index contributed by atoms with van der Waals surface area (Å²) in [6.45, 7) is 8.08. The van der Waals surface area contributed by atoms with Crippen LogP contribution in [0.4, 0.5) is 4.39 Å². The lowest BCUT2D eigenvalue weighted by atomic mass is 9.93. The SMILES string of the molecule is Cc1ccc(-c2cc(C)c(C(C)C)c(F)c2)cc1. The second-order valence-electron chi connectivity index (χ2n) is 5.21. The average Bonchev–Trinajstić information content (AvgIpc) is 2.28. The molecule has 0 aliphatic carbocycles. The fraction of sp³-hybridized carbons (Fsp3) is 0.294. The van der Waals surface area contributed by atoms with Gasteiger partial charge in [0.15, 0.2) is 0 Å². The van der Waals surface area contributed by atoms with E-state index in [0.717, 1.165) is 22.3 Å². The van der Waals surface area contributed by atoms with Crippen molar-refractivity contribution in [2.24, 2.45) is 0 Å². The monoisotopic (exact) mass is 242 g/mol. The average molecular weight is 242 g/mol. The maximum atomic E-state index is 14.1. The van der Waals surface area contributed by atoms with E-state index in [1.807, 2.05) is 32.9 Å². The van der Waals surface area contributed by atoms with Gasteiger partial charge < -0.3 is 0 Å². The maximum Gasteiger partial charge on any atom is 0.127 e. The lowest BCUT2D eigenvalue weighted by molar-refractivity contribution is 0.596. The van der Waals surface area contributed by atoms with Crippen molar-refractivity contribution in [1.29, 1.82) is 0 Å². The molecule has 1 heteroatoms. The van der Waals surface area contributed by atoms with E-state index in [9.17, 15) is 4.39 Å². The van der Waals surface area contributed by atoms with E-state index < -0.39 is 0 Å². The summed E-state index contributed by atoms with van der Waals surface area (Å²) in [7, 11) is 0. The van der Waals surface area contributed by atoms with E-state index in [-0.39, 0.29) is 11.7 Å². The fourth-order valence-corrected chi connectivity index (χ4v) is 2.40. The zero-order chi connectivity index (χ0) is 13.3. The van der Waals surface area contributed by atoms with E-state index >= 15 is 0 Å². The Bertz CT molecular complexity index is 527. The van der Waals surface area contributed by atoms with Gasteiger partial charge in [-0.2, -0.15) is 0 Å². The molecule has 0 nitrogen and oxygen atoms in total. The van der Waals surface area contributed by atoms with Crippen molar-refractivity contribution >= 4 is 0 Å². The Labute approximate surface area is 108 Å². The Kier molecular flexibility index (Phi) is 3.51. The molecule has 94 valence electrons. The first-order valence-electron chi connectivity index (χ1n) is 6.36. The minimum Gasteiger partial charge on any atom is -0.207 e.